The topological polar surface area (TPSA) is 86.6 Å². The summed E-state index contributed by atoms with van der Waals surface area (Å²) < 4.78 is 12.4. The van der Waals surface area contributed by atoms with Gasteiger partial charge in [-0.25, -0.2) is 0 Å². The number of ketones is 1. The summed E-state index contributed by atoms with van der Waals surface area (Å²) in [7, 11) is 3.02. The van der Waals surface area contributed by atoms with Gasteiger partial charge in [-0.05, 0) is 42.0 Å². The van der Waals surface area contributed by atoms with E-state index in [-0.39, 0.29) is 35.8 Å². The third-order valence-corrected chi connectivity index (χ3v) is 7.12. The lowest BCUT2D eigenvalue weighted by atomic mass is 10.0. The number of ether oxygens (including phenoxy) is 2. The lowest BCUT2D eigenvalue weighted by molar-refractivity contribution is 0.0926. The summed E-state index contributed by atoms with van der Waals surface area (Å²) in [6.07, 6.45) is 3.39. The zero-order valence-corrected chi connectivity index (χ0v) is 19.4. The molecule has 2 heterocycles. The van der Waals surface area contributed by atoms with Crippen molar-refractivity contribution in [1.29, 1.82) is 0 Å². The van der Waals surface area contributed by atoms with Gasteiger partial charge in [0.05, 0.1) is 36.1 Å². The second kappa shape index (κ2) is 8.78. The van der Waals surface area contributed by atoms with Crippen LogP contribution in [0.1, 0.15) is 70.8 Å². The molecule has 32 heavy (non-hydrogen) atoms. The average Bonchev–Trinajstić information content (AvgIpc) is 3.39. The Balaban J connectivity index is 1.86. The number of fused-ring (bicyclic) bond motifs is 2. The van der Waals surface area contributed by atoms with Crippen LogP contribution < -0.4 is 20.3 Å². The molecular weight excluding hydrogens is 428 g/mol. The first-order valence-electron chi connectivity index (χ1n) is 10.7. The average molecular weight is 455 g/mol. The molecule has 0 spiro atoms. The maximum absolute atomic E-state index is 13.5. The van der Waals surface area contributed by atoms with Crippen LogP contribution in [0.5, 0.6) is 11.5 Å². The zero-order valence-electron chi connectivity index (χ0n) is 18.6. The fraction of sp³-hybridized carbons (Fsp3) is 0.375. The van der Waals surface area contributed by atoms with E-state index in [9.17, 15) is 14.4 Å². The largest absolute Gasteiger partial charge is 0.493 e. The maximum atomic E-state index is 13.5. The van der Waals surface area contributed by atoms with Gasteiger partial charge in [-0.2, -0.15) is 0 Å². The van der Waals surface area contributed by atoms with E-state index in [0.29, 0.717) is 32.7 Å². The Hall–Kier alpha value is -3.13. The van der Waals surface area contributed by atoms with Gasteiger partial charge in [-0.15, -0.1) is 11.3 Å². The molecule has 3 aromatic rings. The van der Waals surface area contributed by atoms with Crippen molar-refractivity contribution in [3.63, 3.8) is 0 Å². The molecular formula is C24H26N2O5S. The number of methoxy groups -OCH3 is 2. The molecule has 4 rings (SSSR count). The van der Waals surface area contributed by atoms with E-state index in [1.807, 2.05) is 25.3 Å². The van der Waals surface area contributed by atoms with Gasteiger partial charge in [0.15, 0.2) is 17.3 Å². The van der Waals surface area contributed by atoms with E-state index in [1.165, 1.54) is 25.6 Å². The highest BCUT2D eigenvalue weighted by Gasteiger charge is 2.32. The number of Topliss-reactive ketones (excluding diaryl/α,β-unsaturated/α-hetero) is 1. The van der Waals surface area contributed by atoms with E-state index < -0.39 is 0 Å². The number of hydrogen-bond donors (Lipinski definition) is 1. The summed E-state index contributed by atoms with van der Waals surface area (Å²) in [4.78, 5) is 39.8. The number of carbonyl (C=O) groups excluding carboxylic acids is 2. The first-order valence-corrected chi connectivity index (χ1v) is 11.5. The molecule has 1 aromatic carbocycles. The minimum absolute atomic E-state index is 0.0388. The number of aromatic nitrogens is 1. The minimum Gasteiger partial charge on any atom is -0.493 e. The molecule has 1 N–H and O–H groups in total. The molecule has 7 nitrogen and oxygen atoms in total. The molecule has 1 amide bonds. The molecule has 1 aliphatic rings. The normalized spacial score (nSPS) is 15.3. The number of carbonyl (C=O) groups is 2. The van der Waals surface area contributed by atoms with E-state index in [4.69, 9.17) is 9.47 Å². The van der Waals surface area contributed by atoms with Crippen LogP contribution in [-0.4, -0.2) is 30.5 Å². The number of benzene rings is 1. The highest BCUT2D eigenvalue weighted by molar-refractivity contribution is 7.12. The van der Waals surface area contributed by atoms with Crippen LogP contribution in [0.15, 0.2) is 34.6 Å². The molecule has 1 atom stereocenters. The predicted octanol–water partition coefficient (Wildman–Crippen LogP) is 4.50. The first-order chi connectivity index (χ1) is 15.4. The summed E-state index contributed by atoms with van der Waals surface area (Å²) in [5.41, 5.74) is 1.04. The Bertz CT molecular complexity index is 1260. The molecule has 0 bridgehead atoms. The van der Waals surface area contributed by atoms with E-state index >= 15 is 0 Å². The molecule has 8 heteroatoms. The number of nitrogens with zero attached hydrogens (tertiary/aromatic N) is 1. The Morgan fingerprint density at radius 3 is 2.44 bits per heavy atom. The highest BCUT2D eigenvalue weighted by Crippen LogP contribution is 2.36. The van der Waals surface area contributed by atoms with Crippen LogP contribution in [0.3, 0.4) is 0 Å². The Morgan fingerprint density at radius 2 is 1.81 bits per heavy atom. The van der Waals surface area contributed by atoms with Crippen molar-refractivity contribution in [2.24, 2.45) is 0 Å². The monoisotopic (exact) mass is 454 g/mol. The van der Waals surface area contributed by atoms with Crippen molar-refractivity contribution in [3.8, 4) is 11.5 Å². The van der Waals surface area contributed by atoms with Gasteiger partial charge in [0.2, 0.25) is 0 Å². The number of hydrogen-bond acceptors (Lipinski definition) is 6. The quantitative estimate of drug-likeness (QED) is 0.568. The Labute approximate surface area is 190 Å². The molecule has 0 radical (unpaired) electrons. The standard InChI is InChI=1S/C24H26N2O5S/c1-5-13(6-2)26-12-17(15-9-20(30-3)21(31-4)10-16(15)24(26)29)23(28)25-18-11-19(27)22-14(18)7-8-32-22/h7-10,12-13,18H,5-6,11H2,1-4H3,(H,25,28). The lowest BCUT2D eigenvalue weighted by Crippen LogP contribution is -2.31. The van der Waals surface area contributed by atoms with Crippen LogP contribution in [0.4, 0.5) is 0 Å². The summed E-state index contributed by atoms with van der Waals surface area (Å²) in [5, 5.41) is 5.75. The van der Waals surface area contributed by atoms with Gasteiger partial charge >= 0.3 is 0 Å². The van der Waals surface area contributed by atoms with Crippen LogP contribution in [0, 0.1) is 0 Å². The van der Waals surface area contributed by atoms with E-state index in [0.717, 1.165) is 18.4 Å². The fourth-order valence-corrected chi connectivity index (χ4v) is 5.30. The molecule has 0 saturated heterocycles. The number of amides is 1. The van der Waals surface area contributed by atoms with Gasteiger partial charge in [-0.1, -0.05) is 13.8 Å². The number of nitrogens with one attached hydrogen (secondary N) is 1. The maximum Gasteiger partial charge on any atom is 0.258 e. The SMILES string of the molecule is CCC(CC)n1cc(C(=O)NC2CC(=O)c3sccc32)c2cc(OC)c(OC)cc2c1=O. The second-order valence-electron chi connectivity index (χ2n) is 7.84. The third-order valence-electron chi connectivity index (χ3n) is 6.15. The van der Waals surface area contributed by atoms with Crippen LogP contribution in [-0.2, 0) is 0 Å². The van der Waals surface area contributed by atoms with Crippen molar-refractivity contribution in [2.45, 2.75) is 45.2 Å². The number of pyridine rings is 1. The smallest absolute Gasteiger partial charge is 0.258 e. The molecule has 0 aliphatic heterocycles. The van der Waals surface area contributed by atoms with Crippen molar-refractivity contribution >= 4 is 33.8 Å². The van der Waals surface area contributed by atoms with Gasteiger partial charge in [0.1, 0.15) is 0 Å². The summed E-state index contributed by atoms with van der Waals surface area (Å²) in [5.74, 6) is 0.567. The number of thiophene rings is 1. The minimum atomic E-state index is -0.375. The van der Waals surface area contributed by atoms with Gasteiger partial charge in [0.25, 0.3) is 11.5 Å². The molecule has 2 aromatic heterocycles. The van der Waals surface area contributed by atoms with Crippen molar-refractivity contribution < 1.29 is 19.1 Å². The van der Waals surface area contributed by atoms with Crippen molar-refractivity contribution in [2.75, 3.05) is 14.2 Å². The van der Waals surface area contributed by atoms with E-state index in [2.05, 4.69) is 5.32 Å². The molecule has 0 saturated carbocycles. The van der Waals surface area contributed by atoms with Crippen LogP contribution >= 0.6 is 11.3 Å². The lowest BCUT2D eigenvalue weighted by Gasteiger charge is -2.21. The van der Waals surface area contributed by atoms with Crippen molar-refractivity contribution in [1.82, 2.24) is 9.88 Å². The van der Waals surface area contributed by atoms with Gasteiger partial charge < -0.3 is 19.4 Å². The summed E-state index contributed by atoms with van der Waals surface area (Å²) >= 11 is 1.40. The summed E-state index contributed by atoms with van der Waals surface area (Å²) in [6.45, 7) is 4.03. The molecule has 1 aliphatic carbocycles. The Morgan fingerprint density at radius 1 is 1.16 bits per heavy atom. The third kappa shape index (κ3) is 3.58. The van der Waals surface area contributed by atoms with Gasteiger partial charge in [0, 0.05) is 24.0 Å². The number of rotatable bonds is 7. The molecule has 0 fully saturated rings. The van der Waals surface area contributed by atoms with Crippen LogP contribution in [0.2, 0.25) is 0 Å². The van der Waals surface area contributed by atoms with Crippen LogP contribution in [0.25, 0.3) is 10.8 Å². The first kappa shape index (κ1) is 22.1. The molecule has 168 valence electrons. The zero-order chi connectivity index (χ0) is 23.0. The fourth-order valence-electron chi connectivity index (χ4n) is 4.39. The Kier molecular flexibility index (Phi) is 6.06. The van der Waals surface area contributed by atoms with E-state index in [1.54, 1.807) is 22.9 Å². The highest BCUT2D eigenvalue weighted by atomic mass is 32.1. The predicted molar refractivity (Wildman–Crippen MR) is 124 cm³/mol. The molecule has 1 unspecified atom stereocenters. The van der Waals surface area contributed by atoms with Crippen molar-refractivity contribution in [3.05, 3.63) is 56.1 Å². The second-order valence-corrected chi connectivity index (χ2v) is 8.75. The summed E-state index contributed by atoms with van der Waals surface area (Å²) in [6, 6.07) is 4.76. The van der Waals surface area contributed by atoms with Gasteiger partial charge in [-0.3, -0.25) is 14.4 Å².